The van der Waals surface area contributed by atoms with Gasteiger partial charge in [-0.05, 0) is 47.4 Å². The second-order valence-electron chi connectivity index (χ2n) is 5.04. The SMILES string of the molecule is CCc1c[nH]c2cc(-c3ccn4nccc4c3)ccc12. The average molecular weight is 261 g/mol. The van der Waals surface area contributed by atoms with Crippen LogP contribution in [0.4, 0.5) is 0 Å². The van der Waals surface area contributed by atoms with Crippen molar-refractivity contribution in [2.45, 2.75) is 13.3 Å². The third kappa shape index (κ3) is 1.63. The minimum Gasteiger partial charge on any atom is -0.361 e. The van der Waals surface area contributed by atoms with Gasteiger partial charge in [0.05, 0.1) is 5.52 Å². The number of rotatable bonds is 2. The topological polar surface area (TPSA) is 33.1 Å². The number of hydrogen-bond donors (Lipinski definition) is 1. The summed E-state index contributed by atoms with van der Waals surface area (Å²) in [6.07, 6.45) is 6.98. The maximum Gasteiger partial charge on any atom is 0.0667 e. The number of aryl methyl sites for hydroxylation is 1. The first-order valence-electron chi connectivity index (χ1n) is 6.89. The summed E-state index contributed by atoms with van der Waals surface area (Å²) in [5.74, 6) is 0. The lowest BCUT2D eigenvalue weighted by Crippen LogP contribution is -1.86. The molecule has 0 saturated heterocycles. The first-order chi connectivity index (χ1) is 9.85. The van der Waals surface area contributed by atoms with Crippen LogP contribution >= 0.6 is 0 Å². The van der Waals surface area contributed by atoms with Crippen molar-refractivity contribution < 1.29 is 0 Å². The minimum atomic E-state index is 1.06. The quantitative estimate of drug-likeness (QED) is 0.580. The van der Waals surface area contributed by atoms with E-state index in [0.717, 1.165) is 11.9 Å². The molecule has 98 valence electrons. The molecule has 0 unspecified atom stereocenters. The molecule has 0 fully saturated rings. The van der Waals surface area contributed by atoms with Crippen LogP contribution in [-0.4, -0.2) is 14.6 Å². The summed E-state index contributed by atoms with van der Waals surface area (Å²) in [5, 5.41) is 5.55. The molecule has 3 aromatic heterocycles. The number of pyridine rings is 1. The zero-order valence-corrected chi connectivity index (χ0v) is 11.3. The Hall–Kier alpha value is -2.55. The van der Waals surface area contributed by atoms with E-state index in [2.05, 4.69) is 53.5 Å². The van der Waals surface area contributed by atoms with Gasteiger partial charge in [-0.25, -0.2) is 4.52 Å². The van der Waals surface area contributed by atoms with Crippen LogP contribution in [-0.2, 0) is 6.42 Å². The van der Waals surface area contributed by atoms with E-state index in [4.69, 9.17) is 0 Å². The Balaban J connectivity index is 1.88. The van der Waals surface area contributed by atoms with Gasteiger partial charge < -0.3 is 4.98 Å². The summed E-state index contributed by atoms with van der Waals surface area (Å²) < 4.78 is 1.88. The van der Waals surface area contributed by atoms with E-state index < -0.39 is 0 Å². The highest BCUT2D eigenvalue weighted by molar-refractivity contribution is 5.88. The number of aromatic amines is 1. The Kier molecular flexibility index (Phi) is 2.39. The Labute approximate surface area is 116 Å². The van der Waals surface area contributed by atoms with Crippen LogP contribution in [0.25, 0.3) is 27.5 Å². The van der Waals surface area contributed by atoms with Gasteiger partial charge in [0.1, 0.15) is 0 Å². The van der Waals surface area contributed by atoms with Crippen molar-refractivity contribution in [1.29, 1.82) is 0 Å². The van der Waals surface area contributed by atoms with Gasteiger partial charge in [-0.15, -0.1) is 0 Å². The molecule has 0 saturated carbocycles. The normalized spacial score (nSPS) is 11.4. The number of nitrogens with zero attached hydrogens (tertiary/aromatic N) is 2. The fourth-order valence-electron chi connectivity index (χ4n) is 2.76. The summed E-state index contributed by atoms with van der Waals surface area (Å²) in [4.78, 5) is 3.36. The molecule has 0 amide bonds. The highest BCUT2D eigenvalue weighted by Gasteiger charge is 2.05. The molecule has 0 radical (unpaired) electrons. The van der Waals surface area contributed by atoms with Gasteiger partial charge in [-0.2, -0.15) is 5.10 Å². The van der Waals surface area contributed by atoms with E-state index in [0.29, 0.717) is 0 Å². The van der Waals surface area contributed by atoms with Gasteiger partial charge in [0.2, 0.25) is 0 Å². The summed E-state index contributed by atoms with van der Waals surface area (Å²) >= 11 is 0. The van der Waals surface area contributed by atoms with Crippen LogP contribution in [0.3, 0.4) is 0 Å². The lowest BCUT2D eigenvalue weighted by Gasteiger charge is -2.03. The molecule has 3 nitrogen and oxygen atoms in total. The van der Waals surface area contributed by atoms with E-state index >= 15 is 0 Å². The van der Waals surface area contributed by atoms with Crippen molar-refractivity contribution in [1.82, 2.24) is 14.6 Å². The number of benzene rings is 1. The van der Waals surface area contributed by atoms with E-state index in [-0.39, 0.29) is 0 Å². The molecule has 1 N–H and O–H groups in total. The largest absolute Gasteiger partial charge is 0.361 e. The van der Waals surface area contributed by atoms with Crippen LogP contribution in [0.2, 0.25) is 0 Å². The number of fused-ring (bicyclic) bond motifs is 2. The van der Waals surface area contributed by atoms with Gasteiger partial charge in [-0.1, -0.05) is 19.1 Å². The summed E-state index contributed by atoms with van der Waals surface area (Å²) in [6.45, 7) is 2.18. The highest BCUT2D eigenvalue weighted by atomic mass is 15.2. The van der Waals surface area contributed by atoms with Gasteiger partial charge >= 0.3 is 0 Å². The molecule has 4 aromatic rings. The zero-order chi connectivity index (χ0) is 13.5. The highest BCUT2D eigenvalue weighted by Crippen LogP contribution is 2.26. The molecule has 0 aliphatic rings. The van der Waals surface area contributed by atoms with Crippen LogP contribution < -0.4 is 0 Å². The Morgan fingerprint density at radius 3 is 2.90 bits per heavy atom. The minimum absolute atomic E-state index is 1.06. The van der Waals surface area contributed by atoms with Crippen molar-refractivity contribution in [3.05, 3.63) is 60.6 Å². The Bertz CT molecular complexity index is 899. The third-order valence-corrected chi connectivity index (χ3v) is 3.88. The monoisotopic (exact) mass is 261 g/mol. The predicted octanol–water partition coefficient (Wildman–Crippen LogP) is 4.05. The lowest BCUT2D eigenvalue weighted by atomic mass is 10.0. The van der Waals surface area contributed by atoms with E-state index in [9.17, 15) is 0 Å². The van der Waals surface area contributed by atoms with E-state index in [1.807, 2.05) is 23.0 Å². The second-order valence-corrected chi connectivity index (χ2v) is 5.04. The first-order valence-corrected chi connectivity index (χ1v) is 6.89. The number of H-pyrrole nitrogens is 1. The van der Waals surface area contributed by atoms with Crippen molar-refractivity contribution in [3.63, 3.8) is 0 Å². The molecule has 0 aliphatic heterocycles. The second kappa shape index (κ2) is 4.23. The lowest BCUT2D eigenvalue weighted by molar-refractivity contribution is 0.962. The molecular formula is C17H15N3. The number of hydrogen-bond acceptors (Lipinski definition) is 1. The number of nitrogens with one attached hydrogen (secondary N) is 1. The van der Waals surface area contributed by atoms with Gasteiger partial charge in [0.15, 0.2) is 0 Å². The van der Waals surface area contributed by atoms with Gasteiger partial charge in [0, 0.05) is 29.5 Å². The molecule has 3 heteroatoms. The standard InChI is InChI=1S/C17H15N3/c1-2-12-11-18-17-10-13(3-4-16(12)17)14-6-8-20-15(9-14)5-7-19-20/h3-11,18H,2H2,1H3. The maximum absolute atomic E-state index is 4.23. The smallest absolute Gasteiger partial charge is 0.0667 e. The third-order valence-electron chi connectivity index (χ3n) is 3.88. The van der Waals surface area contributed by atoms with Crippen LogP contribution in [0.5, 0.6) is 0 Å². The number of aromatic nitrogens is 3. The molecule has 0 aliphatic carbocycles. The van der Waals surface area contributed by atoms with Crippen molar-refractivity contribution in [2.75, 3.05) is 0 Å². The van der Waals surface area contributed by atoms with Crippen LogP contribution in [0.1, 0.15) is 12.5 Å². The Morgan fingerprint density at radius 2 is 2.00 bits per heavy atom. The zero-order valence-electron chi connectivity index (χ0n) is 11.3. The molecular weight excluding hydrogens is 246 g/mol. The molecule has 4 rings (SSSR count). The van der Waals surface area contributed by atoms with Crippen molar-refractivity contribution in [2.24, 2.45) is 0 Å². The van der Waals surface area contributed by atoms with Gasteiger partial charge in [-0.3, -0.25) is 0 Å². The van der Waals surface area contributed by atoms with Crippen molar-refractivity contribution in [3.8, 4) is 11.1 Å². The first kappa shape index (κ1) is 11.3. The molecule has 0 spiro atoms. The van der Waals surface area contributed by atoms with E-state index in [1.165, 1.54) is 27.6 Å². The van der Waals surface area contributed by atoms with Crippen molar-refractivity contribution >= 4 is 16.4 Å². The molecule has 0 bridgehead atoms. The van der Waals surface area contributed by atoms with E-state index in [1.54, 1.807) is 0 Å². The molecule has 3 heterocycles. The summed E-state index contributed by atoms with van der Waals surface area (Å²) in [7, 11) is 0. The molecule has 0 atom stereocenters. The summed E-state index contributed by atoms with van der Waals surface area (Å²) in [6, 6.07) is 12.9. The fraction of sp³-hybridized carbons (Fsp3) is 0.118. The van der Waals surface area contributed by atoms with Gasteiger partial charge in [0.25, 0.3) is 0 Å². The molecule has 20 heavy (non-hydrogen) atoms. The average Bonchev–Trinajstić information content (AvgIpc) is 3.12. The maximum atomic E-state index is 4.23. The molecule has 1 aromatic carbocycles. The fourth-order valence-corrected chi connectivity index (χ4v) is 2.76. The Morgan fingerprint density at radius 1 is 1.10 bits per heavy atom. The van der Waals surface area contributed by atoms with Crippen LogP contribution in [0.15, 0.2) is 55.0 Å². The van der Waals surface area contributed by atoms with Crippen LogP contribution in [0, 0.1) is 0 Å². The predicted molar refractivity (Wildman–Crippen MR) is 81.9 cm³/mol. The summed E-state index contributed by atoms with van der Waals surface area (Å²) in [5.41, 5.74) is 6.13.